The second-order valence-corrected chi connectivity index (χ2v) is 5.35. The molecule has 0 aromatic carbocycles. The maximum absolute atomic E-state index is 11.7. The molecular formula is C14H23N3O2. The fraction of sp³-hybridized carbons (Fsp3) is 0.571. The molecule has 1 rings (SSSR count). The van der Waals surface area contributed by atoms with E-state index in [4.69, 9.17) is 4.74 Å². The van der Waals surface area contributed by atoms with Crippen molar-refractivity contribution in [3.8, 4) is 5.75 Å². The number of amides is 1. The number of carbonyl (C=O) groups is 1. The first-order chi connectivity index (χ1) is 8.92. The molecule has 2 N–H and O–H groups in total. The fourth-order valence-corrected chi connectivity index (χ4v) is 1.48. The predicted molar refractivity (Wildman–Crippen MR) is 76.4 cm³/mol. The Hall–Kier alpha value is -1.78. The van der Waals surface area contributed by atoms with Crippen molar-refractivity contribution in [2.45, 2.75) is 39.7 Å². The summed E-state index contributed by atoms with van der Waals surface area (Å²) in [4.78, 5) is 15.9. The Morgan fingerprint density at radius 3 is 2.79 bits per heavy atom. The number of hydrogen-bond acceptors (Lipinski definition) is 4. The highest BCUT2D eigenvalue weighted by atomic mass is 16.5. The van der Waals surface area contributed by atoms with Crippen LogP contribution in [0.3, 0.4) is 0 Å². The van der Waals surface area contributed by atoms with Gasteiger partial charge < -0.3 is 15.4 Å². The van der Waals surface area contributed by atoms with Crippen molar-refractivity contribution < 1.29 is 9.53 Å². The molecule has 0 unspecified atom stereocenters. The van der Waals surface area contributed by atoms with Crippen LogP contribution < -0.4 is 15.4 Å². The fourth-order valence-electron chi connectivity index (χ4n) is 1.48. The van der Waals surface area contributed by atoms with Gasteiger partial charge in [-0.1, -0.05) is 6.92 Å². The van der Waals surface area contributed by atoms with Crippen LogP contribution in [0.15, 0.2) is 18.3 Å². The molecule has 0 atom stereocenters. The maximum Gasteiger partial charge on any atom is 0.239 e. The van der Waals surface area contributed by atoms with Crippen molar-refractivity contribution in [2.24, 2.45) is 0 Å². The van der Waals surface area contributed by atoms with Gasteiger partial charge in [-0.3, -0.25) is 4.79 Å². The number of nitrogens with zero attached hydrogens (tertiary/aromatic N) is 1. The first kappa shape index (κ1) is 15.3. The van der Waals surface area contributed by atoms with Gasteiger partial charge in [0.2, 0.25) is 5.91 Å². The number of anilines is 1. The van der Waals surface area contributed by atoms with Gasteiger partial charge in [-0.05, 0) is 39.3 Å². The zero-order valence-corrected chi connectivity index (χ0v) is 12.1. The second-order valence-electron chi connectivity index (χ2n) is 5.35. The molecule has 5 heteroatoms. The summed E-state index contributed by atoms with van der Waals surface area (Å²) in [6.45, 7) is 8.69. The number of hydrogen-bond donors (Lipinski definition) is 2. The molecule has 0 saturated heterocycles. The zero-order valence-electron chi connectivity index (χ0n) is 12.1. The van der Waals surface area contributed by atoms with Gasteiger partial charge in [0.25, 0.3) is 0 Å². The van der Waals surface area contributed by atoms with Crippen molar-refractivity contribution in [3.05, 3.63) is 18.3 Å². The molecule has 0 fully saturated rings. The third-order valence-electron chi connectivity index (χ3n) is 2.16. The van der Waals surface area contributed by atoms with Crippen molar-refractivity contribution in [3.63, 3.8) is 0 Å². The molecule has 5 nitrogen and oxygen atoms in total. The number of rotatable bonds is 6. The van der Waals surface area contributed by atoms with E-state index >= 15 is 0 Å². The van der Waals surface area contributed by atoms with E-state index in [2.05, 4.69) is 15.6 Å². The summed E-state index contributed by atoms with van der Waals surface area (Å²) in [6, 6.07) is 3.65. The third kappa shape index (κ3) is 6.08. The molecule has 1 amide bonds. The standard InChI is InChI=1S/C14H23N3O2/c1-5-9-19-11-7-6-8-15-13(11)16-10-12(18)17-14(2,3)4/h6-8H,5,9-10H2,1-4H3,(H,15,16)(H,17,18). The molecule has 0 aliphatic carbocycles. The summed E-state index contributed by atoms with van der Waals surface area (Å²) >= 11 is 0. The van der Waals surface area contributed by atoms with Gasteiger partial charge in [-0.25, -0.2) is 4.98 Å². The summed E-state index contributed by atoms with van der Waals surface area (Å²) in [6.07, 6.45) is 2.60. The van der Waals surface area contributed by atoms with Crippen LogP contribution >= 0.6 is 0 Å². The van der Waals surface area contributed by atoms with E-state index in [1.807, 2.05) is 39.8 Å². The minimum absolute atomic E-state index is 0.0698. The van der Waals surface area contributed by atoms with E-state index in [-0.39, 0.29) is 18.0 Å². The quantitative estimate of drug-likeness (QED) is 0.827. The monoisotopic (exact) mass is 265 g/mol. The molecule has 0 saturated carbocycles. The Morgan fingerprint density at radius 1 is 1.42 bits per heavy atom. The average Bonchev–Trinajstić information content (AvgIpc) is 2.32. The molecule has 0 radical (unpaired) electrons. The van der Waals surface area contributed by atoms with Crippen LogP contribution in [-0.2, 0) is 4.79 Å². The Labute approximate surface area is 114 Å². The van der Waals surface area contributed by atoms with E-state index in [0.717, 1.165) is 6.42 Å². The molecule has 1 aromatic rings. The third-order valence-corrected chi connectivity index (χ3v) is 2.16. The van der Waals surface area contributed by atoms with Crippen molar-refractivity contribution in [2.75, 3.05) is 18.5 Å². The first-order valence-electron chi connectivity index (χ1n) is 6.55. The smallest absolute Gasteiger partial charge is 0.239 e. The number of ether oxygens (including phenoxy) is 1. The second kappa shape index (κ2) is 6.97. The maximum atomic E-state index is 11.7. The van der Waals surface area contributed by atoms with Crippen LogP contribution in [0.2, 0.25) is 0 Å². The molecule has 0 bridgehead atoms. The Bertz CT molecular complexity index is 413. The summed E-state index contributed by atoms with van der Waals surface area (Å²) in [5.41, 5.74) is -0.232. The largest absolute Gasteiger partial charge is 0.490 e. The van der Waals surface area contributed by atoms with Crippen LogP contribution in [0.4, 0.5) is 5.82 Å². The predicted octanol–water partition coefficient (Wildman–Crippen LogP) is 2.20. The Balaban J connectivity index is 2.55. The molecule has 0 aliphatic heterocycles. The van der Waals surface area contributed by atoms with Gasteiger partial charge in [0, 0.05) is 11.7 Å². The molecule has 0 spiro atoms. The van der Waals surface area contributed by atoms with Gasteiger partial charge in [0.05, 0.1) is 13.2 Å². The van der Waals surface area contributed by atoms with E-state index in [1.165, 1.54) is 0 Å². The summed E-state index contributed by atoms with van der Waals surface area (Å²) < 4.78 is 5.56. The lowest BCUT2D eigenvalue weighted by Gasteiger charge is -2.20. The minimum Gasteiger partial charge on any atom is -0.490 e. The number of carbonyl (C=O) groups excluding carboxylic acids is 1. The lowest BCUT2D eigenvalue weighted by molar-refractivity contribution is -0.120. The van der Waals surface area contributed by atoms with Crippen LogP contribution in [0.5, 0.6) is 5.75 Å². The average molecular weight is 265 g/mol. The topological polar surface area (TPSA) is 63.2 Å². The van der Waals surface area contributed by atoms with Gasteiger partial charge in [-0.2, -0.15) is 0 Å². The van der Waals surface area contributed by atoms with Gasteiger partial charge in [0.1, 0.15) is 0 Å². The van der Waals surface area contributed by atoms with Crippen LogP contribution in [0.25, 0.3) is 0 Å². The van der Waals surface area contributed by atoms with Crippen LogP contribution in [-0.4, -0.2) is 29.6 Å². The highest BCUT2D eigenvalue weighted by Gasteiger charge is 2.14. The van der Waals surface area contributed by atoms with Crippen molar-refractivity contribution in [1.29, 1.82) is 0 Å². The molecule has 0 aliphatic rings. The SMILES string of the molecule is CCCOc1cccnc1NCC(=O)NC(C)(C)C. The minimum atomic E-state index is -0.232. The number of nitrogens with one attached hydrogen (secondary N) is 2. The number of pyridine rings is 1. The van der Waals surface area contributed by atoms with E-state index in [1.54, 1.807) is 6.20 Å². The highest BCUT2D eigenvalue weighted by Crippen LogP contribution is 2.20. The molecule has 1 aromatic heterocycles. The van der Waals surface area contributed by atoms with E-state index in [9.17, 15) is 4.79 Å². The lowest BCUT2D eigenvalue weighted by atomic mass is 10.1. The Morgan fingerprint density at radius 2 is 2.16 bits per heavy atom. The van der Waals surface area contributed by atoms with Crippen molar-refractivity contribution >= 4 is 11.7 Å². The van der Waals surface area contributed by atoms with Gasteiger partial charge >= 0.3 is 0 Å². The highest BCUT2D eigenvalue weighted by molar-refractivity contribution is 5.81. The van der Waals surface area contributed by atoms with E-state index in [0.29, 0.717) is 18.2 Å². The van der Waals surface area contributed by atoms with Gasteiger partial charge in [0.15, 0.2) is 11.6 Å². The lowest BCUT2D eigenvalue weighted by Crippen LogP contribution is -2.43. The Kier molecular flexibility index (Phi) is 5.60. The van der Waals surface area contributed by atoms with Gasteiger partial charge in [-0.15, -0.1) is 0 Å². The van der Waals surface area contributed by atoms with Crippen LogP contribution in [0, 0.1) is 0 Å². The summed E-state index contributed by atoms with van der Waals surface area (Å²) in [7, 11) is 0. The summed E-state index contributed by atoms with van der Waals surface area (Å²) in [5.74, 6) is 1.20. The summed E-state index contributed by atoms with van der Waals surface area (Å²) in [5, 5.41) is 5.88. The molecular weight excluding hydrogens is 242 g/mol. The molecule has 19 heavy (non-hydrogen) atoms. The first-order valence-corrected chi connectivity index (χ1v) is 6.55. The van der Waals surface area contributed by atoms with E-state index < -0.39 is 0 Å². The molecule has 106 valence electrons. The number of aromatic nitrogens is 1. The molecule has 1 heterocycles. The zero-order chi connectivity index (χ0) is 14.3. The van der Waals surface area contributed by atoms with Crippen molar-refractivity contribution in [1.82, 2.24) is 10.3 Å². The van der Waals surface area contributed by atoms with Crippen LogP contribution in [0.1, 0.15) is 34.1 Å². The normalized spacial score (nSPS) is 10.9.